The van der Waals surface area contributed by atoms with Crippen LogP contribution in [0.2, 0.25) is 0 Å². The number of nitrogens with one attached hydrogen (secondary N) is 1. The average Bonchev–Trinajstić information content (AvgIpc) is 2.44. The van der Waals surface area contributed by atoms with Gasteiger partial charge in [0.2, 0.25) is 0 Å². The van der Waals surface area contributed by atoms with E-state index in [-0.39, 0.29) is 0 Å². The summed E-state index contributed by atoms with van der Waals surface area (Å²) in [6, 6.07) is 11.1. The molecule has 0 radical (unpaired) electrons. The maximum atomic E-state index is 4.11. The van der Waals surface area contributed by atoms with Crippen molar-refractivity contribution in [1.29, 1.82) is 0 Å². The molecular weight excluding hydrogens is 230 g/mol. The van der Waals surface area contributed by atoms with Crippen molar-refractivity contribution >= 4 is 0 Å². The summed E-state index contributed by atoms with van der Waals surface area (Å²) in [4.78, 5) is 0. The van der Waals surface area contributed by atoms with E-state index in [1.807, 2.05) is 6.08 Å². The lowest BCUT2D eigenvalue weighted by Gasteiger charge is -2.17. The van der Waals surface area contributed by atoms with Crippen LogP contribution in [0.4, 0.5) is 0 Å². The standard InChI is InChI=1S/C18H27N/c1-4-11-18(5-2)19-16(3)12-9-10-15-17-13-7-6-8-14-17/h5-8,13-14,18-19H,2-4,9-12,15H2,1H3. The molecule has 0 aliphatic rings. The fourth-order valence-electron chi connectivity index (χ4n) is 2.21. The molecule has 104 valence electrons. The summed E-state index contributed by atoms with van der Waals surface area (Å²) in [5.41, 5.74) is 2.57. The smallest absolute Gasteiger partial charge is 0.0438 e. The maximum absolute atomic E-state index is 4.11. The van der Waals surface area contributed by atoms with Gasteiger partial charge in [0.15, 0.2) is 0 Å². The predicted octanol–water partition coefficient (Wildman–Crippen LogP) is 4.86. The van der Waals surface area contributed by atoms with Crippen molar-refractivity contribution < 1.29 is 0 Å². The molecule has 0 aromatic heterocycles. The van der Waals surface area contributed by atoms with Gasteiger partial charge in [0.05, 0.1) is 0 Å². The zero-order chi connectivity index (χ0) is 13.9. The van der Waals surface area contributed by atoms with Crippen molar-refractivity contribution in [1.82, 2.24) is 5.32 Å². The highest BCUT2D eigenvalue weighted by Crippen LogP contribution is 2.10. The molecule has 1 nitrogen and oxygen atoms in total. The predicted molar refractivity (Wildman–Crippen MR) is 85.2 cm³/mol. The molecule has 0 heterocycles. The second-order valence-corrected chi connectivity index (χ2v) is 5.07. The molecule has 1 N–H and O–H groups in total. The highest BCUT2D eigenvalue weighted by molar-refractivity contribution is 5.14. The highest BCUT2D eigenvalue weighted by atomic mass is 14.9. The maximum Gasteiger partial charge on any atom is 0.0438 e. The minimum absolute atomic E-state index is 0.381. The molecule has 1 atom stereocenters. The normalized spacial score (nSPS) is 11.8. The van der Waals surface area contributed by atoms with Crippen LogP contribution in [0, 0.1) is 0 Å². The average molecular weight is 257 g/mol. The number of allylic oxidation sites excluding steroid dienone is 1. The number of benzene rings is 1. The fourth-order valence-corrected chi connectivity index (χ4v) is 2.21. The van der Waals surface area contributed by atoms with Crippen LogP contribution in [-0.2, 0) is 6.42 Å². The van der Waals surface area contributed by atoms with Gasteiger partial charge in [-0.25, -0.2) is 0 Å². The Hall–Kier alpha value is -1.50. The van der Waals surface area contributed by atoms with E-state index >= 15 is 0 Å². The fraction of sp³-hybridized carbons (Fsp3) is 0.444. The number of aryl methyl sites for hydroxylation is 1. The van der Waals surface area contributed by atoms with Gasteiger partial charge in [-0.1, -0.05) is 56.3 Å². The monoisotopic (exact) mass is 257 g/mol. The van der Waals surface area contributed by atoms with Gasteiger partial charge in [0.25, 0.3) is 0 Å². The van der Waals surface area contributed by atoms with Gasteiger partial charge in [0.1, 0.15) is 0 Å². The lowest BCUT2D eigenvalue weighted by molar-refractivity contribution is 0.580. The molecular formula is C18H27N. The minimum Gasteiger partial charge on any atom is -0.383 e. The molecule has 1 aromatic rings. The molecule has 0 fully saturated rings. The van der Waals surface area contributed by atoms with E-state index < -0.39 is 0 Å². The Kier molecular flexibility index (Phi) is 7.72. The summed E-state index contributed by atoms with van der Waals surface area (Å²) in [6.07, 6.45) is 8.92. The summed E-state index contributed by atoms with van der Waals surface area (Å²) < 4.78 is 0. The lowest BCUT2D eigenvalue weighted by Crippen LogP contribution is -2.25. The van der Waals surface area contributed by atoms with Gasteiger partial charge >= 0.3 is 0 Å². The summed E-state index contributed by atoms with van der Waals surface area (Å²) >= 11 is 0. The Labute approximate surface area is 118 Å². The summed E-state index contributed by atoms with van der Waals surface area (Å²) in [5.74, 6) is 0. The van der Waals surface area contributed by atoms with Crippen LogP contribution in [-0.4, -0.2) is 6.04 Å². The Morgan fingerprint density at radius 1 is 1.26 bits per heavy atom. The van der Waals surface area contributed by atoms with Crippen molar-refractivity contribution in [3.8, 4) is 0 Å². The molecule has 19 heavy (non-hydrogen) atoms. The van der Waals surface area contributed by atoms with Crippen LogP contribution in [0.15, 0.2) is 55.3 Å². The van der Waals surface area contributed by atoms with Crippen molar-refractivity contribution in [3.63, 3.8) is 0 Å². The molecule has 0 spiro atoms. The van der Waals surface area contributed by atoms with E-state index in [1.54, 1.807) is 0 Å². The molecule has 0 bridgehead atoms. The molecule has 0 saturated carbocycles. The van der Waals surface area contributed by atoms with E-state index in [9.17, 15) is 0 Å². The SMILES string of the molecule is C=CC(CCC)NC(=C)CCCCc1ccccc1. The van der Waals surface area contributed by atoms with E-state index in [1.165, 1.54) is 24.8 Å². The van der Waals surface area contributed by atoms with Crippen LogP contribution < -0.4 is 5.32 Å². The minimum atomic E-state index is 0.381. The van der Waals surface area contributed by atoms with E-state index in [4.69, 9.17) is 0 Å². The third kappa shape index (κ3) is 6.85. The summed E-state index contributed by atoms with van der Waals surface area (Å²) in [7, 11) is 0. The number of rotatable bonds is 10. The molecule has 1 heteroatoms. The van der Waals surface area contributed by atoms with Gasteiger partial charge in [-0.2, -0.15) is 0 Å². The zero-order valence-corrected chi connectivity index (χ0v) is 12.2. The van der Waals surface area contributed by atoms with Crippen molar-refractivity contribution in [2.24, 2.45) is 0 Å². The quantitative estimate of drug-likeness (QED) is 0.466. The molecule has 0 aliphatic heterocycles. The van der Waals surface area contributed by atoms with E-state index in [0.29, 0.717) is 6.04 Å². The van der Waals surface area contributed by atoms with Crippen molar-refractivity contribution in [2.45, 2.75) is 51.5 Å². The zero-order valence-electron chi connectivity index (χ0n) is 12.2. The second kappa shape index (κ2) is 9.43. The van der Waals surface area contributed by atoms with Crippen LogP contribution in [0.25, 0.3) is 0 Å². The van der Waals surface area contributed by atoms with Gasteiger partial charge in [-0.3, -0.25) is 0 Å². The first-order valence-corrected chi connectivity index (χ1v) is 7.37. The van der Waals surface area contributed by atoms with Gasteiger partial charge in [0, 0.05) is 11.7 Å². The van der Waals surface area contributed by atoms with Crippen LogP contribution >= 0.6 is 0 Å². The van der Waals surface area contributed by atoms with E-state index in [2.05, 4.69) is 55.7 Å². The Morgan fingerprint density at radius 2 is 2.00 bits per heavy atom. The Balaban J connectivity index is 2.15. The Bertz CT molecular complexity index is 367. The largest absolute Gasteiger partial charge is 0.383 e. The number of unbranched alkanes of at least 4 members (excludes halogenated alkanes) is 1. The number of hydrogen-bond donors (Lipinski definition) is 1. The summed E-state index contributed by atoms with van der Waals surface area (Å²) in [6.45, 7) is 10.2. The Morgan fingerprint density at radius 3 is 2.63 bits per heavy atom. The third-order valence-electron chi connectivity index (χ3n) is 3.31. The number of hydrogen-bond acceptors (Lipinski definition) is 1. The van der Waals surface area contributed by atoms with Crippen LogP contribution in [0.5, 0.6) is 0 Å². The van der Waals surface area contributed by atoms with Crippen molar-refractivity contribution in [2.75, 3.05) is 0 Å². The van der Waals surface area contributed by atoms with Gasteiger partial charge < -0.3 is 5.32 Å². The first-order chi connectivity index (χ1) is 9.26. The summed E-state index contributed by atoms with van der Waals surface area (Å²) in [5, 5.41) is 3.45. The highest BCUT2D eigenvalue weighted by Gasteiger charge is 2.03. The van der Waals surface area contributed by atoms with Crippen LogP contribution in [0.1, 0.15) is 44.6 Å². The first-order valence-electron chi connectivity index (χ1n) is 7.37. The molecule has 0 saturated heterocycles. The third-order valence-corrected chi connectivity index (χ3v) is 3.31. The topological polar surface area (TPSA) is 12.0 Å². The molecule has 0 aliphatic carbocycles. The molecule has 1 unspecified atom stereocenters. The molecule has 1 aromatic carbocycles. The van der Waals surface area contributed by atoms with Crippen molar-refractivity contribution in [3.05, 3.63) is 60.8 Å². The molecule has 0 amide bonds. The van der Waals surface area contributed by atoms with Gasteiger partial charge in [-0.05, 0) is 37.7 Å². The van der Waals surface area contributed by atoms with E-state index in [0.717, 1.165) is 25.0 Å². The lowest BCUT2D eigenvalue weighted by atomic mass is 10.1. The van der Waals surface area contributed by atoms with Gasteiger partial charge in [-0.15, -0.1) is 6.58 Å². The molecule has 1 rings (SSSR count). The van der Waals surface area contributed by atoms with Crippen LogP contribution in [0.3, 0.4) is 0 Å². The first kappa shape index (κ1) is 15.6. The second-order valence-electron chi connectivity index (χ2n) is 5.07.